The number of carbonyl (C=O) groups excluding carboxylic acids is 1. The summed E-state index contributed by atoms with van der Waals surface area (Å²) in [5, 5.41) is 6.84. The lowest BCUT2D eigenvalue weighted by molar-refractivity contribution is -0.225. The van der Waals surface area contributed by atoms with Crippen LogP contribution in [0.2, 0.25) is 0 Å². The Labute approximate surface area is 340 Å². The lowest BCUT2D eigenvalue weighted by Gasteiger charge is -2.68. The highest BCUT2D eigenvalue weighted by Gasteiger charge is 2.71. The third-order valence-electron chi connectivity index (χ3n) is 14.9. The second kappa shape index (κ2) is 19.7. The van der Waals surface area contributed by atoms with Crippen LogP contribution in [0.5, 0.6) is 0 Å². The molecule has 0 heterocycles. The molecule has 4 N–H and O–H groups in total. The van der Waals surface area contributed by atoms with Gasteiger partial charge in [-0.1, -0.05) is 142 Å². The molecule has 0 saturated carbocycles. The SMILES string of the molecule is C=C(OCCCNCCC)C(C)(C(C)(C)C)C(C)(C)C(C)(C)C(C)(C(=O)OCCCNCCN)C(C)(C)C(C)(C)C(CC(C)(C)C)c1ccc(CS)cc1. The smallest absolute Gasteiger partial charge is 0.312 e. The fourth-order valence-electron chi connectivity index (χ4n) is 9.16. The standard InChI is InChI=1S/C47H87N3O3S/c1-19-27-49-28-20-31-52-35(2)46(17,41(6,7)8)44(13,14)45(15,16)47(18,39(51)53-32-21-29-50-30-26-48)43(11,12)42(9,10)38(33-40(3,4)5)37-24-22-36(34-54)23-25-37/h22-25,38,49-50,54H,2,19-21,26-34,48H2,1,3-18H3. The number of carbonyl (C=O) groups is 1. The van der Waals surface area contributed by atoms with E-state index < -0.39 is 27.1 Å². The quantitative estimate of drug-likeness (QED) is 0.0362. The van der Waals surface area contributed by atoms with Crippen molar-refractivity contribution < 1.29 is 14.3 Å². The number of ether oxygens (including phenoxy) is 2. The van der Waals surface area contributed by atoms with Crippen molar-refractivity contribution in [3.63, 3.8) is 0 Å². The number of allylic oxidation sites excluding steroid dienone is 1. The first-order chi connectivity index (χ1) is 24.6. The summed E-state index contributed by atoms with van der Waals surface area (Å²) in [6, 6.07) is 8.99. The number of thiol groups is 1. The van der Waals surface area contributed by atoms with E-state index in [1.807, 2.05) is 0 Å². The predicted octanol–water partition coefficient (Wildman–Crippen LogP) is 11.2. The Morgan fingerprint density at radius 3 is 1.65 bits per heavy atom. The molecule has 3 unspecified atom stereocenters. The van der Waals surface area contributed by atoms with Crippen molar-refractivity contribution in [3.8, 4) is 0 Å². The number of nitrogens with one attached hydrogen (secondary N) is 2. The molecule has 0 radical (unpaired) electrons. The highest BCUT2D eigenvalue weighted by molar-refractivity contribution is 7.79. The minimum Gasteiger partial charge on any atom is -0.498 e. The second-order valence-corrected chi connectivity index (χ2v) is 21.0. The molecule has 314 valence electrons. The van der Waals surface area contributed by atoms with Gasteiger partial charge in [-0.25, -0.2) is 0 Å². The van der Waals surface area contributed by atoms with Crippen molar-refractivity contribution in [2.24, 2.45) is 49.1 Å². The summed E-state index contributed by atoms with van der Waals surface area (Å²) in [7, 11) is 0. The van der Waals surface area contributed by atoms with Gasteiger partial charge in [-0.05, 0) is 102 Å². The zero-order valence-electron chi connectivity index (χ0n) is 38.3. The largest absolute Gasteiger partial charge is 0.498 e. The Hall–Kier alpha value is -1.54. The zero-order valence-corrected chi connectivity index (χ0v) is 39.2. The zero-order chi connectivity index (χ0) is 42.0. The van der Waals surface area contributed by atoms with E-state index in [1.165, 1.54) is 11.1 Å². The summed E-state index contributed by atoms with van der Waals surface area (Å²) in [4.78, 5) is 15.4. The van der Waals surface area contributed by atoms with Crippen molar-refractivity contribution in [1.29, 1.82) is 0 Å². The van der Waals surface area contributed by atoms with E-state index in [9.17, 15) is 0 Å². The topological polar surface area (TPSA) is 85.6 Å². The van der Waals surface area contributed by atoms with Gasteiger partial charge in [-0.3, -0.25) is 4.79 Å². The Kier molecular flexibility index (Phi) is 18.5. The minimum absolute atomic E-state index is 0.0500. The number of hydrogen-bond donors (Lipinski definition) is 4. The van der Waals surface area contributed by atoms with Gasteiger partial charge in [0.2, 0.25) is 0 Å². The summed E-state index contributed by atoms with van der Waals surface area (Å²) < 4.78 is 13.1. The van der Waals surface area contributed by atoms with Crippen LogP contribution in [0.3, 0.4) is 0 Å². The van der Waals surface area contributed by atoms with E-state index in [1.54, 1.807) is 0 Å². The first-order valence-corrected chi connectivity index (χ1v) is 21.5. The fourth-order valence-corrected chi connectivity index (χ4v) is 9.37. The molecule has 0 fully saturated rings. The molecule has 3 atom stereocenters. The fraction of sp³-hybridized carbons (Fsp3) is 0.809. The van der Waals surface area contributed by atoms with Crippen LogP contribution >= 0.6 is 12.6 Å². The van der Waals surface area contributed by atoms with Crippen LogP contribution in [0.4, 0.5) is 0 Å². The van der Waals surface area contributed by atoms with Crippen LogP contribution in [0.25, 0.3) is 0 Å². The van der Waals surface area contributed by atoms with Crippen LogP contribution in [-0.4, -0.2) is 51.9 Å². The maximum absolute atomic E-state index is 15.4. The van der Waals surface area contributed by atoms with Gasteiger partial charge in [0.05, 0.1) is 24.4 Å². The van der Waals surface area contributed by atoms with Crippen LogP contribution in [-0.2, 0) is 20.0 Å². The molecule has 1 aromatic carbocycles. The van der Waals surface area contributed by atoms with E-state index in [-0.39, 0.29) is 28.1 Å². The number of nitrogens with two attached hydrogens (primary N) is 1. The minimum atomic E-state index is -0.976. The van der Waals surface area contributed by atoms with E-state index in [0.717, 1.165) is 57.6 Å². The second-order valence-electron chi connectivity index (χ2n) is 20.7. The molecule has 0 bridgehead atoms. The van der Waals surface area contributed by atoms with Crippen molar-refractivity contribution in [2.45, 2.75) is 155 Å². The Morgan fingerprint density at radius 1 is 0.722 bits per heavy atom. The highest BCUT2D eigenvalue weighted by Crippen LogP contribution is 2.73. The predicted molar refractivity (Wildman–Crippen MR) is 237 cm³/mol. The van der Waals surface area contributed by atoms with Gasteiger partial charge in [-0.2, -0.15) is 12.6 Å². The van der Waals surface area contributed by atoms with Gasteiger partial charge in [0.15, 0.2) is 0 Å². The van der Waals surface area contributed by atoms with Crippen molar-refractivity contribution >= 4 is 18.6 Å². The molecule has 0 aliphatic heterocycles. The average Bonchev–Trinajstić information content (AvgIpc) is 3.07. The third-order valence-corrected chi connectivity index (χ3v) is 15.3. The molecule has 0 aliphatic rings. The van der Waals surface area contributed by atoms with Crippen molar-refractivity contribution in [3.05, 3.63) is 47.7 Å². The summed E-state index contributed by atoms with van der Waals surface area (Å²) in [6.45, 7) is 48.8. The van der Waals surface area contributed by atoms with Crippen LogP contribution in [0.1, 0.15) is 160 Å². The van der Waals surface area contributed by atoms with E-state index >= 15 is 4.79 Å². The Morgan fingerprint density at radius 2 is 1.20 bits per heavy atom. The molecule has 7 heteroatoms. The number of hydrogen-bond acceptors (Lipinski definition) is 7. The maximum atomic E-state index is 15.4. The van der Waals surface area contributed by atoms with Gasteiger partial charge in [-0.15, -0.1) is 0 Å². The molecule has 1 aromatic rings. The van der Waals surface area contributed by atoms with Crippen molar-refractivity contribution in [1.82, 2.24) is 10.6 Å². The molecule has 0 spiro atoms. The van der Waals surface area contributed by atoms with Crippen LogP contribution < -0.4 is 16.4 Å². The Balaban J connectivity index is 4.06. The van der Waals surface area contributed by atoms with Crippen LogP contribution in [0.15, 0.2) is 36.6 Å². The molecule has 0 aromatic heterocycles. The molecular weight excluding hydrogens is 687 g/mol. The van der Waals surface area contributed by atoms with E-state index in [4.69, 9.17) is 15.2 Å². The molecular formula is C47H87N3O3S. The van der Waals surface area contributed by atoms with Crippen LogP contribution in [0, 0.1) is 43.3 Å². The van der Waals surface area contributed by atoms with Crippen molar-refractivity contribution in [2.75, 3.05) is 45.9 Å². The Bertz CT molecular complexity index is 1300. The lowest BCUT2D eigenvalue weighted by atomic mass is 9.35. The summed E-state index contributed by atoms with van der Waals surface area (Å²) in [5.74, 6) is 1.48. The van der Waals surface area contributed by atoms with Gasteiger partial charge in [0.25, 0.3) is 0 Å². The number of benzene rings is 1. The van der Waals surface area contributed by atoms with Gasteiger partial charge in [0.1, 0.15) is 0 Å². The first kappa shape index (κ1) is 50.5. The molecule has 54 heavy (non-hydrogen) atoms. The molecule has 1 rings (SSSR count). The normalized spacial score (nSPS) is 16.4. The highest BCUT2D eigenvalue weighted by atomic mass is 32.1. The molecule has 6 nitrogen and oxygen atoms in total. The first-order valence-electron chi connectivity index (χ1n) is 20.9. The number of esters is 1. The summed E-state index contributed by atoms with van der Waals surface area (Å²) in [5.41, 5.74) is 4.37. The molecule has 0 amide bonds. The third kappa shape index (κ3) is 10.7. The summed E-state index contributed by atoms with van der Waals surface area (Å²) in [6.07, 6.45) is 3.69. The molecule has 0 saturated heterocycles. The van der Waals surface area contributed by atoms with E-state index in [2.05, 4.69) is 172 Å². The maximum Gasteiger partial charge on any atom is 0.312 e. The van der Waals surface area contributed by atoms with E-state index in [0.29, 0.717) is 25.5 Å². The molecule has 0 aliphatic carbocycles. The average molecular weight is 774 g/mol. The summed E-state index contributed by atoms with van der Waals surface area (Å²) >= 11 is 4.55. The van der Waals surface area contributed by atoms with Gasteiger partial charge >= 0.3 is 5.97 Å². The van der Waals surface area contributed by atoms with Gasteiger partial charge in [0, 0.05) is 24.3 Å². The van der Waals surface area contributed by atoms with Gasteiger partial charge < -0.3 is 25.8 Å². The number of rotatable bonds is 24. The monoisotopic (exact) mass is 774 g/mol. The lowest BCUT2D eigenvalue weighted by Crippen LogP contribution is -2.66.